The van der Waals surface area contributed by atoms with Crippen LogP contribution in [0.2, 0.25) is 0 Å². The molecule has 2 aromatic heterocycles. The number of rotatable bonds is 6. The molecule has 2 aromatic carbocycles. The van der Waals surface area contributed by atoms with E-state index < -0.39 is 35.4 Å². The van der Waals surface area contributed by atoms with Gasteiger partial charge in [-0.2, -0.15) is 19.1 Å². The molecule has 3 heterocycles. The lowest BCUT2D eigenvalue weighted by molar-refractivity contribution is 0.0428. The van der Waals surface area contributed by atoms with Gasteiger partial charge in [0.1, 0.15) is 23.3 Å². The number of phenols is 1. The SMILES string of the molecule is CC1Cn2ncc(NC(=O)c3ccc(O)c(C#N)c3)c2C(=O)N1c1ccc(C(F)(F)c2ccnc(N(C)C(=O)O)c2)cc1. The predicted molar refractivity (Wildman–Crippen MR) is 149 cm³/mol. The highest BCUT2D eigenvalue weighted by Gasteiger charge is 2.37. The van der Waals surface area contributed by atoms with Crippen LogP contribution in [-0.4, -0.2) is 56.0 Å². The molecule has 0 spiro atoms. The fourth-order valence-electron chi connectivity index (χ4n) is 4.71. The number of fused-ring (bicyclic) bond motifs is 1. The number of anilines is 3. The van der Waals surface area contributed by atoms with Gasteiger partial charge >= 0.3 is 6.09 Å². The number of amides is 3. The molecule has 0 fully saturated rings. The van der Waals surface area contributed by atoms with Crippen LogP contribution in [0.15, 0.2) is 67.0 Å². The highest BCUT2D eigenvalue weighted by atomic mass is 19.3. The minimum atomic E-state index is -3.50. The van der Waals surface area contributed by atoms with Gasteiger partial charge in [-0.3, -0.25) is 19.2 Å². The normalized spacial score (nSPS) is 14.5. The Morgan fingerprint density at radius 2 is 1.86 bits per heavy atom. The maximum atomic E-state index is 15.4. The molecular formula is C29H23F2N7O5. The van der Waals surface area contributed by atoms with Gasteiger partial charge in [0.15, 0.2) is 0 Å². The van der Waals surface area contributed by atoms with Gasteiger partial charge in [0.05, 0.1) is 30.0 Å². The number of alkyl halides is 2. The molecule has 1 aliphatic rings. The zero-order valence-electron chi connectivity index (χ0n) is 22.7. The summed E-state index contributed by atoms with van der Waals surface area (Å²) in [5.74, 6) is -5.09. The third-order valence-corrected chi connectivity index (χ3v) is 7.01. The van der Waals surface area contributed by atoms with E-state index in [0.717, 1.165) is 23.2 Å². The Morgan fingerprint density at radius 1 is 1.14 bits per heavy atom. The van der Waals surface area contributed by atoms with Crippen molar-refractivity contribution >= 4 is 35.1 Å². The quantitative estimate of drug-likeness (QED) is 0.299. The van der Waals surface area contributed by atoms with Crippen molar-refractivity contribution in [1.82, 2.24) is 14.8 Å². The number of phenolic OH excluding ortho intramolecular Hbond substituents is 1. The fraction of sp³-hybridized carbons (Fsp3) is 0.172. The molecule has 1 aliphatic heterocycles. The summed E-state index contributed by atoms with van der Waals surface area (Å²) in [7, 11) is 1.19. The van der Waals surface area contributed by atoms with Gasteiger partial charge in [0.2, 0.25) is 0 Å². The molecule has 1 atom stereocenters. The van der Waals surface area contributed by atoms with E-state index in [1.807, 2.05) is 0 Å². The first-order valence-corrected chi connectivity index (χ1v) is 12.8. The molecule has 3 amide bonds. The summed E-state index contributed by atoms with van der Waals surface area (Å²) in [6.07, 6.45) is 1.07. The number of hydrogen-bond donors (Lipinski definition) is 3. The standard InChI is InChI=1S/C29H23F2N7O5/c1-16-15-37-25(22(14-34-37)35-26(40)17-3-8-23(39)18(11-17)13-32)27(41)38(16)21-6-4-19(5-7-21)29(30,31)20-9-10-33-24(12-20)36(2)28(42)43/h3-12,14,16,39H,15H2,1-2H3,(H,35,40)(H,42,43). The van der Waals surface area contributed by atoms with Crippen LogP contribution >= 0.6 is 0 Å². The third-order valence-electron chi connectivity index (χ3n) is 7.01. The molecule has 3 N–H and O–H groups in total. The molecule has 218 valence electrons. The highest BCUT2D eigenvalue weighted by molar-refractivity contribution is 6.13. The molecule has 43 heavy (non-hydrogen) atoms. The number of aromatic nitrogens is 3. The summed E-state index contributed by atoms with van der Waals surface area (Å²) >= 11 is 0. The van der Waals surface area contributed by atoms with Crippen LogP contribution in [0.4, 0.5) is 30.8 Å². The summed E-state index contributed by atoms with van der Waals surface area (Å²) in [4.78, 5) is 43.7. The second kappa shape index (κ2) is 10.9. The van der Waals surface area contributed by atoms with Gasteiger partial charge in [-0.1, -0.05) is 12.1 Å². The van der Waals surface area contributed by atoms with Crippen molar-refractivity contribution in [2.75, 3.05) is 22.2 Å². The number of benzene rings is 2. The van der Waals surface area contributed by atoms with E-state index in [-0.39, 0.29) is 46.2 Å². The Labute approximate surface area is 243 Å². The molecule has 12 nitrogen and oxygen atoms in total. The Hall–Kier alpha value is -5.84. The van der Waals surface area contributed by atoms with Crippen LogP contribution in [0, 0.1) is 11.3 Å². The second-order valence-corrected chi connectivity index (χ2v) is 9.78. The first-order chi connectivity index (χ1) is 20.4. The number of carbonyl (C=O) groups is 3. The van der Waals surface area contributed by atoms with Crippen LogP contribution < -0.4 is 15.1 Å². The lowest BCUT2D eigenvalue weighted by Crippen LogP contribution is -2.47. The first kappa shape index (κ1) is 28.7. The van der Waals surface area contributed by atoms with Crippen molar-refractivity contribution in [3.63, 3.8) is 0 Å². The van der Waals surface area contributed by atoms with E-state index in [4.69, 9.17) is 10.4 Å². The number of carboxylic acid groups (broad SMARTS) is 1. The van der Waals surface area contributed by atoms with Crippen LogP contribution in [0.1, 0.15) is 44.5 Å². The lowest BCUT2D eigenvalue weighted by Gasteiger charge is -2.34. The molecule has 0 saturated carbocycles. The highest BCUT2D eigenvalue weighted by Crippen LogP contribution is 2.38. The maximum Gasteiger partial charge on any atom is 0.412 e. The topological polar surface area (TPSA) is 165 Å². The number of aromatic hydroxyl groups is 1. The van der Waals surface area contributed by atoms with Gasteiger partial charge < -0.3 is 20.4 Å². The zero-order valence-corrected chi connectivity index (χ0v) is 22.7. The Balaban J connectivity index is 1.40. The van der Waals surface area contributed by atoms with Gasteiger partial charge in [-0.25, -0.2) is 9.78 Å². The van der Waals surface area contributed by atoms with Crippen molar-refractivity contribution in [3.8, 4) is 11.8 Å². The van der Waals surface area contributed by atoms with Crippen LogP contribution in [0.3, 0.4) is 0 Å². The second-order valence-electron chi connectivity index (χ2n) is 9.78. The van der Waals surface area contributed by atoms with Crippen LogP contribution in [-0.2, 0) is 12.5 Å². The van der Waals surface area contributed by atoms with E-state index in [9.17, 15) is 19.5 Å². The van der Waals surface area contributed by atoms with Crippen LogP contribution in [0.25, 0.3) is 0 Å². The number of nitrogens with zero attached hydrogens (tertiary/aromatic N) is 6. The van der Waals surface area contributed by atoms with Gasteiger partial charge in [-0.15, -0.1) is 0 Å². The third kappa shape index (κ3) is 5.19. The summed E-state index contributed by atoms with van der Waals surface area (Å²) in [6.45, 7) is 2.02. The molecule has 14 heteroatoms. The Morgan fingerprint density at radius 3 is 2.53 bits per heavy atom. The molecular weight excluding hydrogens is 564 g/mol. The molecule has 1 unspecified atom stereocenters. The fourth-order valence-corrected chi connectivity index (χ4v) is 4.71. The van der Waals surface area contributed by atoms with E-state index >= 15 is 8.78 Å². The van der Waals surface area contributed by atoms with E-state index in [2.05, 4.69) is 15.4 Å². The first-order valence-electron chi connectivity index (χ1n) is 12.8. The number of hydrogen-bond acceptors (Lipinski definition) is 7. The van der Waals surface area contributed by atoms with E-state index in [1.165, 1.54) is 65.3 Å². The molecule has 4 aromatic rings. The van der Waals surface area contributed by atoms with Gasteiger partial charge in [-0.05, 0) is 49.4 Å². The van der Waals surface area contributed by atoms with E-state index in [1.54, 1.807) is 13.0 Å². The van der Waals surface area contributed by atoms with Crippen molar-refractivity contribution in [1.29, 1.82) is 5.26 Å². The number of nitrogens with one attached hydrogen (secondary N) is 1. The number of nitriles is 1. The van der Waals surface area contributed by atoms with Gasteiger partial charge in [0.25, 0.3) is 17.7 Å². The van der Waals surface area contributed by atoms with Crippen molar-refractivity contribution in [3.05, 3.63) is 94.9 Å². The number of halogens is 2. The van der Waals surface area contributed by atoms with Crippen LogP contribution in [0.5, 0.6) is 5.75 Å². The smallest absolute Gasteiger partial charge is 0.412 e. The average Bonchev–Trinajstić information content (AvgIpc) is 3.39. The number of carbonyl (C=O) groups excluding carboxylic acids is 2. The summed E-state index contributed by atoms with van der Waals surface area (Å²) in [6, 6.07) is 12.3. The Kier molecular flexibility index (Phi) is 7.24. The van der Waals surface area contributed by atoms with Crippen molar-refractivity contribution in [2.45, 2.75) is 25.4 Å². The molecule has 5 rings (SSSR count). The van der Waals surface area contributed by atoms with E-state index in [0.29, 0.717) is 5.69 Å². The number of pyridine rings is 1. The molecule has 0 radical (unpaired) electrons. The van der Waals surface area contributed by atoms with Crippen molar-refractivity contribution < 1.29 is 33.4 Å². The molecule has 0 aliphatic carbocycles. The molecule has 0 bridgehead atoms. The largest absolute Gasteiger partial charge is 0.507 e. The van der Waals surface area contributed by atoms with Gasteiger partial charge in [0, 0.05) is 35.6 Å². The summed E-state index contributed by atoms with van der Waals surface area (Å²) in [5.41, 5.74) is -0.330. The summed E-state index contributed by atoms with van der Waals surface area (Å²) < 4.78 is 32.3. The summed E-state index contributed by atoms with van der Waals surface area (Å²) in [5, 5.41) is 34.8. The average molecular weight is 588 g/mol. The zero-order chi connectivity index (χ0) is 31.1. The lowest BCUT2D eigenvalue weighted by atomic mass is 10.00. The monoisotopic (exact) mass is 587 g/mol. The Bertz CT molecular complexity index is 1800. The maximum absolute atomic E-state index is 15.4. The minimum Gasteiger partial charge on any atom is -0.507 e. The predicted octanol–water partition coefficient (Wildman–Crippen LogP) is 4.41. The molecule has 0 saturated heterocycles. The minimum absolute atomic E-state index is 0.0759. The van der Waals surface area contributed by atoms with Crippen molar-refractivity contribution in [2.24, 2.45) is 0 Å².